The van der Waals surface area contributed by atoms with Gasteiger partial charge in [-0.25, -0.2) is 9.59 Å². The quantitative estimate of drug-likeness (QED) is 0.158. The molecule has 2 aromatic rings. The molecular weight excluding hydrogens is 622 g/mol. The van der Waals surface area contributed by atoms with Crippen molar-refractivity contribution >= 4 is 11.9 Å². The summed E-state index contributed by atoms with van der Waals surface area (Å²) in [5, 5.41) is 0. The summed E-state index contributed by atoms with van der Waals surface area (Å²) in [4.78, 5) is 26.3. The van der Waals surface area contributed by atoms with E-state index < -0.39 is 75.8 Å². The second-order valence-corrected chi connectivity index (χ2v) is 12.2. The monoisotopic (exact) mass is 658 g/mol. The molecule has 2 fully saturated rings. The average Bonchev–Trinajstić information content (AvgIpc) is 3.12. The summed E-state index contributed by atoms with van der Waals surface area (Å²) in [5.74, 6) is -3.67. The highest BCUT2D eigenvalue weighted by atomic mass is 19.4. The van der Waals surface area contributed by atoms with Crippen LogP contribution in [0.5, 0.6) is 0 Å². The van der Waals surface area contributed by atoms with Crippen molar-refractivity contribution in [1.29, 1.82) is 0 Å². The van der Waals surface area contributed by atoms with Gasteiger partial charge in [-0.1, -0.05) is 73.7 Å². The molecule has 4 rings (SSSR count). The van der Waals surface area contributed by atoms with Crippen LogP contribution in [0.25, 0.3) is 0 Å². The number of alkyl halides is 6. The normalized spacial score (nSPS) is 28.2. The van der Waals surface area contributed by atoms with Gasteiger partial charge >= 0.3 is 24.3 Å². The van der Waals surface area contributed by atoms with Crippen LogP contribution in [-0.4, -0.2) is 62.9 Å². The SMILES string of the molecule is CO[C@](C(=O)O[C@H]1C[C@@]2(C)CO[C@@](C)(C1)[C@@H]2/C=C/[C@@H](C)OC(=O)[C@@](OC)(c1ccccc1)C(F)(F)F)(c1ccccc1)C(F)(F)F. The standard InChI is InChI=1S/C33H36F6O7/c1-21(45-26(40)30(42-4,32(34,35)36)22-12-8-6-9-13-22)16-17-25-28(2)18-24(19-29(25,3)44-20-28)46-27(41)31(43-5,33(37,38)39)23-14-10-7-11-15-23/h6-17,21,24-25H,18-20H2,1-5H3/b17-16+/t21-,24+,25-,28+,29+,30+,31+/m1/s1. The molecule has 2 aromatic carbocycles. The fourth-order valence-electron chi connectivity index (χ4n) is 6.75. The summed E-state index contributed by atoms with van der Waals surface area (Å²) >= 11 is 0. The Morgan fingerprint density at radius 1 is 0.826 bits per heavy atom. The number of carbonyl (C=O) groups excluding carboxylic acids is 2. The number of rotatable bonds is 10. The minimum absolute atomic E-state index is 0.0266. The minimum Gasteiger partial charge on any atom is -0.460 e. The third-order valence-electron chi connectivity index (χ3n) is 8.95. The molecule has 0 spiro atoms. The molecule has 46 heavy (non-hydrogen) atoms. The summed E-state index contributed by atoms with van der Waals surface area (Å²) in [6.07, 6.45) is -9.13. The maximum Gasteiger partial charge on any atom is 0.432 e. The van der Waals surface area contributed by atoms with Gasteiger partial charge in [-0.3, -0.25) is 0 Å². The van der Waals surface area contributed by atoms with E-state index in [2.05, 4.69) is 0 Å². The first-order valence-electron chi connectivity index (χ1n) is 14.5. The van der Waals surface area contributed by atoms with Crippen LogP contribution in [0, 0.1) is 11.3 Å². The maximum atomic E-state index is 14.4. The third kappa shape index (κ3) is 6.04. The summed E-state index contributed by atoms with van der Waals surface area (Å²) in [7, 11) is 1.56. The molecule has 7 nitrogen and oxygen atoms in total. The number of carbonyl (C=O) groups is 2. The number of methoxy groups -OCH3 is 2. The molecule has 1 aliphatic carbocycles. The molecule has 0 unspecified atom stereocenters. The van der Waals surface area contributed by atoms with Crippen molar-refractivity contribution in [2.24, 2.45) is 11.3 Å². The van der Waals surface area contributed by atoms with Gasteiger partial charge in [-0.15, -0.1) is 0 Å². The molecule has 1 saturated carbocycles. The van der Waals surface area contributed by atoms with Gasteiger partial charge in [0.15, 0.2) is 0 Å². The van der Waals surface area contributed by atoms with Crippen LogP contribution in [0.1, 0.15) is 44.7 Å². The first-order valence-corrected chi connectivity index (χ1v) is 14.5. The highest BCUT2D eigenvalue weighted by molar-refractivity contribution is 5.83. The number of hydrogen-bond acceptors (Lipinski definition) is 7. The predicted molar refractivity (Wildman–Crippen MR) is 152 cm³/mol. The summed E-state index contributed by atoms with van der Waals surface area (Å²) in [5.41, 5.74) is -9.34. The summed E-state index contributed by atoms with van der Waals surface area (Å²) < 4.78 is 112. The Labute approximate surface area is 262 Å². The molecule has 1 aliphatic heterocycles. The first-order chi connectivity index (χ1) is 21.4. The third-order valence-corrected chi connectivity index (χ3v) is 8.95. The second-order valence-electron chi connectivity index (χ2n) is 12.2. The zero-order valence-electron chi connectivity index (χ0n) is 25.9. The fraction of sp³-hybridized carbons (Fsp3) is 0.515. The van der Waals surface area contributed by atoms with Crippen molar-refractivity contribution < 1.29 is 59.6 Å². The van der Waals surface area contributed by atoms with Crippen LogP contribution in [0.15, 0.2) is 72.8 Å². The predicted octanol–water partition coefficient (Wildman–Crippen LogP) is 6.80. The van der Waals surface area contributed by atoms with Gasteiger partial charge in [0, 0.05) is 43.1 Å². The number of esters is 2. The highest BCUT2D eigenvalue weighted by Gasteiger charge is 2.66. The summed E-state index contributed by atoms with van der Waals surface area (Å²) in [6.45, 7) is 5.08. The van der Waals surface area contributed by atoms with Gasteiger partial charge in [-0.05, 0) is 26.3 Å². The van der Waals surface area contributed by atoms with Crippen molar-refractivity contribution in [2.45, 2.75) is 75.0 Å². The van der Waals surface area contributed by atoms with E-state index in [1.165, 1.54) is 49.4 Å². The Balaban J connectivity index is 1.52. The maximum absolute atomic E-state index is 14.4. The van der Waals surface area contributed by atoms with Crippen molar-refractivity contribution in [3.63, 3.8) is 0 Å². The number of ether oxygens (including phenoxy) is 5. The van der Waals surface area contributed by atoms with Gasteiger partial charge in [0.1, 0.15) is 12.2 Å². The second kappa shape index (κ2) is 12.6. The van der Waals surface area contributed by atoms with Crippen LogP contribution in [0.3, 0.4) is 0 Å². The van der Waals surface area contributed by atoms with E-state index in [1.54, 1.807) is 13.0 Å². The molecule has 2 bridgehead atoms. The molecular formula is C33H36F6O7. The summed E-state index contributed by atoms with van der Waals surface area (Å²) in [6, 6.07) is 12.9. The van der Waals surface area contributed by atoms with Crippen molar-refractivity contribution in [3.05, 3.63) is 83.9 Å². The van der Waals surface area contributed by atoms with E-state index in [9.17, 15) is 35.9 Å². The molecule has 252 valence electrons. The van der Waals surface area contributed by atoms with Crippen LogP contribution in [0.4, 0.5) is 26.3 Å². The lowest BCUT2D eigenvalue weighted by Crippen LogP contribution is -2.54. The van der Waals surface area contributed by atoms with Crippen molar-refractivity contribution in [1.82, 2.24) is 0 Å². The van der Waals surface area contributed by atoms with Crippen LogP contribution in [0.2, 0.25) is 0 Å². The molecule has 0 aromatic heterocycles. The van der Waals surface area contributed by atoms with Gasteiger partial charge < -0.3 is 23.7 Å². The Morgan fingerprint density at radius 3 is 1.74 bits per heavy atom. The van der Waals surface area contributed by atoms with Crippen LogP contribution in [-0.2, 0) is 44.5 Å². The van der Waals surface area contributed by atoms with Gasteiger partial charge in [0.2, 0.25) is 0 Å². The molecule has 0 N–H and O–H groups in total. The zero-order chi connectivity index (χ0) is 34.2. The van der Waals surface area contributed by atoms with E-state index >= 15 is 0 Å². The van der Waals surface area contributed by atoms with Gasteiger partial charge in [-0.2, -0.15) is 26.3 Å². The van der Waals surface area contributed by atoms with Crippen molar-refractivity contribution in [3.8, 4) is 0 Å². The Hall–Kier alpha value is -3.42. The zero-order valence-corrected chi connectivity index (χ0v) is 25.9. The minimum atomic E-state index is -5.14. The molecule has 0 radical (unpaired) electrons. The van der Waals surface area contributed by atoms with E-state index in [0.29, 0.717) is 0 Å². The largest absolute Gasteiger partial charge is 0.460 e. The lowest BCUT2D eigenvalue weighted by molar-refractivity contribution is -0.279. The lowest BCUT2D eigenvalue weighted by Gasteiger charge is -2.44. The van der Waals surface area contributed by atoms with Crippen LogP contribution >= 0.6 is 0 Å². The number of hydrogen-bond donors (Lipinski definition) is 0. The Bertz CT molecular complexity index is 1400. The molecule has 1 saturated heterocycles. The molecule has 13 heteroatoms. The fourth-order valence-corrected chi connectivity index (χ4v) is 6.75. The lowest BCUT2D eigenvalue weighted by atomic mass is 9.62. The van der Waals surface area contributed by atoms with Gasteiger partial charge in [0.05, 0.1) is 12.2 Å². The number of fused-ring (bicyclic) bond motifs is 2. The molecule has 7 atom stereocenters. The van der Waals surface area contributed by atoms with Crippen molar-refractivity contribution in [2.75, 3.05) is 20.8 Å². The highest BCUT2D eigenvalue weighted by Crippen LogP contribution is 2.56. The number of benzene rings is 2. The average molecular weight is 659 g/mol. The van der Waals surface area contributed by atoms with Gasteiger partial charge in [0.25, 0.3) is 11.2 Å². The van der Waals surface area contributed by atoms with E-state index in [0.717, 1.165) is 38.5 Å². The Morgan fingerprint density at radius 2 is 1.30 bits per heavy atom. The van der Waals surface area contributed by atoms with Crippen LogP contribution < -0.4 is 0 Å². The molecule has 2 aliphatic rings. The van der Waals surface area contributed by atoms with E-state index in [4.69, 9.17) is 23.7 Å². The Kier molecular flexibility index (Phi) is 9.74. The topological polar surface area (TPSA) is 80.3 Å². The van der Waals surface area contributed by atoms with E-state index in [-0.39, 0.29) is 19.4 Å². The smallest absolute Gasteiger partial charge is 0.432 e. The first kappa shape index (κ1) is 35.4. The molecule has 1 heterocycles. The number of halogens is 6. The molecule has 0 amide bonds. The van der Waals surface area contributed by atoms with E-state index in [1.807, 2.05) is 6.92 Å².